The van der Waals surface area contributed by atoms with Crippen molar-refractivity contribution in [3.05, 3.63) is 35.4 Å². The van der Waals surface area contributed by atoms with Crippen molar-refractivity contribution in [3.8, 4) is 0 Å². The summed E-state index contributed by atoms with van der Waals surface area (Å²) in [4.78, 5) is 12.0. The number of nitrogens with two attached hydrogens (primary N) is 1. The fourth-order valence-corrected chi connectivity index (χ4v) is 3.03. The lowest BCUT2D eigenvalue weighted by atomic mass is 9.64. The van der Waals surface area contributed by atoms with Crippen molar-refractivity contribution in [1.82, 2.24) is 5.32 Å². The molecule has 1 aromatic carbocycles. The van der Waals surface area contributed by atoms with Gasteiger partial charge >= 0.3 is 0 Å². The molecule has 1 aromatic rings. The van der Waals surface area contributed by atoms with Gasteiger partial charge in [-0.05, 0) is 29.4 Å². The molecule has 0 spiro atoms. The van der Waals surface area contributed by atoms with E-state index in [0.29, 0.717) is 6.54 Å². The molecule has 1 aliphatic carbocycles. The van der Waals surface area contributed by atoms with Crippen LogP contribution in [0.2, 0.25) is 0 Å². The van der Waals surface area contributed by atoms with Crippen LogP contribution in [0.1, 0.15) is 58.1 Å². The predicted molar refractivity (Wildman–Crippen MR) is 99.1 cm³/mol. The van der Waals surface area contributed by atoms with Gasteiger partial charge in [-0.1, -0.05) is 58.4 Å². The molecule has 1 saturated carbocycles. The van der Waals surface area contributed by atoms with Gasteiger partial charge in [-0.3, -0.25) is 4.79 Å². The van der Waals surface area contributed by atoms with Crippen LogP contribution >= 0.6 is 12.4 Å². The fraction of sp³-hybridized carbons (Fsp3) is 0.632. The van der Waals surface area contributed by atoms with Crippen molar-refractivity contribution >= 4 is 18.3 Å². The van der Waals surface area contributed by atoms with Gasteiger partial charge in [0, 0.05) is 24.4 Å². The van der Waals surface area contributed by atoms with E-state index >= 15 is 0 Å². The summed E-state index contributed by atoms with van der Waals surface area (Å²) in [6, 6.07) is 8.97. The molecule has 0 bridgehead atoms. The summed E-state index contributed by atoms with van der Waals surface area (Å²) in [6.07, 6.45) is 3.54. The summed E-state index contributed by atoms with van der Waals surface area (Å²) in [7, 11) is 0. The molecule has 2 rings (SSSR count). The molecular formula is C19H31ClN2O. The van der Waals surface area contributed by atoms with E-state index in [1.54, 1.807) is 0 Å². The number of carbonyl (C=O) groups is 1. The monoisotopic (exact) mass is 338 g/mol. The first-order chi connectivity index (χ1) is 10.3. The summed E-state index contributed by atoms with van der Waals surface area (Å²) >= 11 is 0. The SMILES string of the molecule is CC(CN)C(=O)NCC1(c2ccc(C(C)(C)C)cc2)CCC1.Cl. The summed E-state index contributed by atoms with van der Waals surface area (Å²) < 4.78 is 0. The molecule has 4 heteroatoms. The highest BCUT2D eigenvalue weighted by atomic mass is 35.5. The van der Waals surface area contributed by atoms with Crippen molar-refractivity contribution in [2.45, 2.75) is 57.8 Å². The van der Waals surface area contributed by atoms with E-state index in [9.17, 15) is 4.79 Å². The molecule has 23 heavy (non-hydrogen) atoms. The maximum atomic E-state index is 12.0. The third-order valence-corrected chi connectivity index (χ3v) is 5.08. The van der Waals surface area contributed by atoms with Crippen LogP contribution in [0, 0.1) is 5.92 Å². The number of carbonyl (C=O) groups excluding carboxylic acids is 1. The molecule has 130 valence electrons. The summed E-state index contributed by atoms with van der Waals surface area (Å²) in [5.74, 6) is -0.0412. The number of hydrogen-bond acceptors (Lipinski definition) is 2. The minimum atomic E-state index is -0.111. The molecule has 0 heterocycles. The largest absolute Gasteiger partial charge is 0.355 e. The topological polar surface area (TPSA) is 55.1 Å². The molecule has 1 unspecified atom stereocenters. The third-order valence-electron chi connectivity index (χ3n) is 5.08. The van der Waals surface area contributed by atoms with Crippen LogP contribution in [0.25, 0.3) is 0 Å². The highest BCUT2D eigenvalue weighted by molar-refractivity contribution is 5.85. The molecule has 3 nitrogen and oxygen atoms in total. The predicted octanol–water partition coefficient (Wildman–Crippen LogP) is 3.54. The van der Waals surface area contributed by atoms with Crippen LogP contribution in [-0.2, 0) is 15.6 Å². The van der Waals surface area contributed by atoms with E-state index in [-0.39, 0.29) is 35.1 Å². The normalized spacial score (nSPS) is 17.6. The average molecular weight is 339 g/mol. The molecule has 0 aromatic heterocycles. The van der Waals surface area contributed by atoms with Gasteiger partial charge in [0.2, 0.25) is 5.91 Å². The first-order valence-electron chi connectivity index (χ1n) is 8.37. The molecule has 0 aliphatic heterocycles. The lowest BCUT2D eigenvalue weighted by Crippen LogP contribution is -2.47. The molecule has 0 radical (unpaired) electrons. The van der Waals surface area contributed by atoms with E-state index in [0.717, 1.165) is 19.4 Å². The Hall–Kier alpha value is -1.06. The van der Waals surface area contributed by atoms with Crippen molar-refractivity contribution < 1.29 is 4.79 Å². The summed E-state index contributed by atoms with van der Waals surface area (Å²) in [5.41, 5.74) is 8.58. The smallest absolute Gasteiger partial charge is 0.224 e. The lowest BCUT2D eigenvalue weighted by molar-refractivity contribution is -0.124. The highest BCUT2D eigenvalue weighted by Gasteiger charge is 2.39. The van der Waals surface area contributed by atoms with Crippen molar-refractivity contribution in [3.63, 3.8) is 0 Å². The Morgan fingerprint density at radius 1 is 1.26 bits per heavy atom. The Bertz CT molecular complexity index is 515. The van der Waals surface area contributed by atoms with Crippen molar-refractivity contribution in [2.24, 2.45) is 11.7 Å². The van der Waals surface area contributed by atoms with E-state index in [4.69, 9.17) is 5.73 Å². The summed E-state index contributed by atoms with van der Waals surface area (Å²) in [5, 5.41) is 3.10. The fourth-order valence-electron chi connectivity index (χ4n) is 3.03. The number of halogens is 1. The second-order valence-electron chi connectivity index (χ2n) is 7.82. The standard InChI is InChI=1S/C19H30N2O.ClH/c1-14(12-20)17(22)21-13-19(10-5-11-19)16-8-6-15(7-9-16)18(2,3)4;/h6-9,14H,5,10-13,20H2,1-4H3,(H,21,22);1H. The van der Waals surface area contributed by atoms with Crippen LogP contribution in [0.3, 0.4) is 0 Å². The number of nitrogens with one attached hydrogen (secondary N) is 1. The van der Waals surface area contributed by atoms with Gasteiger partial charge in [-0.2, -0.15) is 0 Å². The zero-order valence-corrected chi connectivity index (χ0v) is 15.6. The molecule has 1 aliphatic rings. The molecule has 1 amide bonds. The quantitative estimate of drug-likeness (QED) is 0.862. The van der Waals surface area contributed by atoms with E-state index in [1.807, 2.05) is 6.92 Å². The zero-order valence-electron chi connectivity index (χ0n) is 14.8. The van der Waals surface area contributed by atoms with Gasteiger partial charge in [0.15, 0.2) is 0 Å². The van der Waals surface area contributed by atoms with Gasteiger partial charge in [0.25, 0.3) is 0 Å². The van der Waals surface area contributed by atoms with Crippen molar-refractivity contribution in [2.75, 3.05) is 13.1 Å². The van der Waals surface area contributed by atoms with E-state index < -0.39 is 0 Å². The minimum absolute atomic E-state index is 0. The van der Waals surface area contributed by atoms with Crippen molar-refractivity contribution in [1.29, 1.82) is 0 Å². The van der Waals surface area contributed by atoms with Gasteiger partial charge in [0.05, 0.1) is 0 Å². The summed E-state index contributed by atoms with van der Waals surface area (Å²) in [6.45, 7) is 9.70. The molecule has 1 fully saturated rings. The van der Waals surface area contributed by atoms with Crippen LogP contribution in [-0.4, -0.2) is 19.0 Å². The number of hydrogen-bond donors (Lipinski definition) is 2. The Morgan fingerprint density at radius 3 is 2.22 bits per heavy atom. The second-order valence-corrected chi connectivity index (χ2v) is 7.82. The Labute approximate surface area is 146 Å². The van der Waals surface area contributed by atoms with Gasteiger partial charge in [0.1, 0.15) is 0 Å². The van der Waals surface area contributed by atoms with Crippen LogP contribution in [0.4, 0.5) is 0 Å². The van der Waals surface area contributed by atoms with Gasteiger partial charge in [-0.15, -0.1) is 12.4 Å². The maximum Gasteiger partial charge on any atom is 0.224 e. The van der Waals surface area contributed by atoms with Gasteiger partial charge in [-0.25, -0.2) is 0 Å². The molecule has 0 saturated heterocycles. The first-order valence-corrected chi connectivity index (χ1v) is 8.37. The van der Waals surface area contributed by atoms with E-state index in [2.05, 4.69) is 50.4 Å². The average Bonchev–Trinajstić information content (AvgIpc) is 2.44. The van der Waals surface area contributed by atoms with Crippen LogP contribution in [0.5, 0.6) is 0 Å². The number of amides is 1. The highest BCUT2D eigenvalue weighted by Crippen LogP contribution is 2.43. The van der Waals surface area contributed by atoms with Crippen LogP contribution < -0.4 is 11.1 Å². The van der Waals surface area contributed by atoms with Gasteiger partial charge < -0.3 is 11.1 Å². The Kier molecular flexibility index (Phi) is 6.67. The first kappa shape index (κ1) is 20.0. The number of benzene rings is 1. The molecule has 3 N–H and O–H groups in total. The third kappa shape index (κ3) is 4.48. The molecule has 1 atom stereocenters. The van der Waals surface area contributed by atoms with E-state index in [1.165, 1.54) is 17.5 Å². The Morgan fingerprint density at radius 2 is 1.83 bits per heavy atom. The second kappa shape index (κ2) is 7.67. The minimum Gasteiger partial charge on any atom is -0.355 e. The lowest BCUT2D eigenvalue weighted by Gasteiger charge is -2.43. The van der Waals surface area contributed by atoms with Crippen LogP contribution in [0.15, 0.2) is 24.3 Å². The molecular weight excluding hydrogens is 308 g/mol. The Balaban J connectivity index is 0.00000264. The zero-order chi connectivity index (χ0) is 16.4. The number of rotatable bonds is 5. The maximum absolute atomic E-state index is 12.0.